The van der Waals surface area contributed by atoms with E-state index in [4.69, 9.17) is 17.3 Å². The van der Waals surface area contributed by atoms with Crippen LogP contribution in [0.3, 0.4) is 0 Å². The predicted octanol–water partition coefficient (Wildman–Crippen LogP) is 4.23. The largest absolute Gasteiger partial charge is 0.337 e. The third-order valence-corrected chi connectivity index (χ3v) is 6.13. The summed E-state index contributed by atoms with van der Waals surface area (Å²) in [5.41, 5.74) is 8.29. The summed E-state index contributed by atoms with van der Waals surface area (Å²) in [4.78, 5) is 4.13. The maximum atomic E-state index is 14.2. The molecule has 0 saturated carbocycles. The van der Waals surface area contributed by atoms with Crippen molar-refractivity contribution in [3.05, 3.63) is 59.3 Å². The van der Waals surface area contributed by atoms with Crippen LogP contribution in [0.5, 0.6) is 0 Å². The summed E-state index contributed by atoms with van der Waals surface area (Å²) >= 11 is 6.19. The average molecular weight is 496 g/mol. The van der Waals surface area contributed by atoms with Gasteiger partial charge in [-0.2, -0.15) is 0 Å². The van der Waals surface area contributed by atoms with Gasteiger partial charge in [0.05, 0.1) is 6.54 Å². The van der Waals surface area contributed by atoms with Crippen molar-refractivity contribution in [2.24, 2.45) is 5.73 Å². The minimum absolute atomic E-state index is 0. The topological polar surface area (TPSA) is 90.0 Å². The number of halogens is 4. The van der Waals surface area contributed by atoms with E-state index in [1.807, 2.05) is 17.6 Å². The molecule has 0 aliphatic rings. The van der Waals surface area contributed by atoms with Crippen molar-refractivity contribution < 1.29 is 12.8 Å². The second-order valence-electron chi connectivity index (χ2n) is 6.21. The summed E-state index contributed by atoms with van der Waals surface area (Å²) < 4.78 is 42.6. The van der Waals surface area contributed by atoms with E-state index in [-0.39, 0.29) is 48.6 Å². The smallest absolute Gasteiger partial charge is 0.241 e. The van der Waals surface area contributed by atoms with Gasteiger partial charge in [-0.1, -0.05) is 11.6 Å². The number of hydrogen-bond donors (Lipinski definition) is 2. The van der Waals surface area contributed by atoms with Crippen LogP contribution in [-0.4, -0.2) is 31.6 Å². The summed E-state index contributed by atoms with van der Waals surface area (Å²) in [6.45, 7) is 1.97. The highest BCUT2D eigenvalue weighted by Crippen LogP contribution is 2.37. The Bertz CT molecular complexity index is 1180. The number of rotatable bonds is 6. The number of hydrogen-bond acceptors (Lipinski definition) is 4. The summed E-state index contributed by atoms with van der Waals surface area (Å²) in [5, 5.41) is 1.31. The third-order valence-electron chi connectivity index (χ3n) is 4.51. The van der Waals surface area contributed by atoms with E-state index in [9.17, 15) is 12.8 Å². The monoisotopic (exact) mass is 494 g/mol. The zero-order chi connectivity index (χ0) is 20.5. The van der Waals surface area contributed by atoms with E-state index in [2.05, 4.69) is 9.71 Å². The van der Waals surface area contributed by atoms with Gasteiger partial charge in [0.2, 0.25) is 10.0 Å². The van der Waals surface area contributed by atoms with E-state index >= 15 is 0 Å². The Morgan fingerprint density at radius 1 is 1.30 bits per heavy atom. The number of benzene rings is 1. The molecule has 11 heteroatoms. The fraction of sp³-hybridized carbons (Fsp3) is 0.211. The second-order valence-corrected chi connectivity index (χ2v) is 8.53. The first-order valence-electron chi connectivity index (χ1n) is 8.50. The fourth-order valence-corrected chi connectivity index (χ4v) is 4.08. The second kappa shape index (κ2) is 10.6. The van der Waals surface area contributed by atoms with Gasteiger partial charge in [-0.05, 0) is 44.3 Å². The maximum Gasteiger partial charge on any atom is 0.241 e. The van der Waals surface area contributed by atoms with Crippen molar-refractivity contribution in [2.75, 3.05) is 13.6 Å². The number of fused-ring (bicyclic) bond motifs is 1. The molecule has 164 valence electrons. The lowest BCUT2D eigenvalue weighted by atomic mass is 10.0. The number of pyridine rings is 1. The molecule has 3 rings (SSSR count). The molecule has 30 heavy (non-hydrogen) atoms. The lowest BCUT2D eigenvalue weighted by Crippen LogP contribution is -2.18. The van der Waals surface area contributed by atoms with Gasteiger partial charge in [-0.25, -0.2) is 17.5 Å². The van der Waals surface area contributed by atoms with Gasteiger partial charge >= 0.3 is 0 Å². The van der Waals surface area contributed by atoms with E-state index in [1.165, 1.54) is 25.4 Å². The summed E-state index contributed by atoms with van der Waals surface area (Å²) in [6.07, 6.45) is 4.18. The Hall–Kier alpha value is -1.68. The molecule has 0 bridgehead atoms. The molecule has 0 saturated heterocycles. The van der Waals surface area contributed by atoms with Crippen LogP contribution in [0.25, 0.3) is 22.0 Å². The van der Waals surface area contributed by atoms with E-state index in [0.717, 1.165) is 22.2 Å². The SMILES string of the molecule is CNS(=O)(=O)c1cncc(-c2c(C)n(CC(F)=CCN)c3ccc(Cl)cc23)c1.Cl.Cl. The number of sulfonamides is 1. The molecular weight excluding hydrogens is 474 g/mol. The average Bonchev–Trinajstić information content (AvgIpc) is 2.93. The van der Waals surface area contributed by atoms with Crippen LogP contribution in [0.4, 0.5) is 4.39 Å². The molecular formula is C19H22Cl3FN4O2S. The van der Waals surface area contributed by atoms with Crippen LogP contribution < -0.4 is 10.5 Å². The number of nitrogens with two attached hydrogens (primary N) is 1. The van der Waals surface area contributed by atoms with Gasteiger partial charge in [0, 0.05) is 51.7 Å². The summed E-state index contributed by atoms with van der Waals surface area (Å²) in [7, 11) is -2.31. The predicted molar refractivity (Wildman–Crippen MR) is 124 cm³/mol. The lowest BCUT2D eigenvalue weighted by molar-refractivity contribution is 0.555. The molecule has 0 spiro atoms. The van der Waals surface area contributed by atoms with Crippen LogP contribution in [0.1, 0.15) is 5.69 Å². The molecule has 3 aromatic rings. The van der Waals surface area contributed by atoms with Gasteiger partial charge in [0.1, 0.15) is 10.7 Å². The standard InChI is InChI=1S/C19H20ClFN4O2S.2ClH/c1-12-19(13-7-16(10-24-9-13)28(26,27)23-2)17-8-14(20)3-4-18(17)25(12)11-15(21)5-6-22;;/h3-5,7-10,23H,6,11,22H2,1-2H3;2*1H. The van der Waals surface area contributed by atoms with Gasteiger partial charge in [0.15, 0.2) is 0 Å². The first kappa shape index (κ1) is 26.4. The van der Waals surface area contributed by atoms with Crippen LogP contribution in [-0.2, 0) is 16.6 Å². The highest BCUT2D eigenvalue weighted by molar-refractivity contribution is 7.89. The maximum absolute atomic E-state index is 14.2. The normalized spacial score (nSPS) is 11.8. The molecule has 0 aliphatic heterocycles. The van der Waals surface area contributed by atoms with Crippen molar-refractivity contribution in [3.63, 3.8) is 0 Å². The Balaban J connectivity index is 0.00000225. The van der Waals surface area contributed by atoms with Crippen molar-refractivity contribution in [1.29, 1.82) is 0 Å². The van der Waals surface area contributed by atoms with Crippen molar-refractivity contribution in [3.8, 4) is 11.1 Å². The molecule has 0 atom stereocenters. The van der Waals surface area contributed by atoms with Gasteiger partial charge in [0.25, 0.3) is 0 Å². The highest BCUT2D eigenvalue weighted by Gasteiger charge is 2.19. The molecule has 0 amide bonds. The van der Waals surface area contributed by atoms with Crippen LogP contribution >= 0.6 is 36.4 Å². The number of nitrogens with one attached hydrogen (secondary N) is 1. The Morgan fingerprint density at radius 3 is 2.63 bits per heavy atom. The Morgan fingerprint density at radius 2 is 2.00 bits per heavy atom. The molecule has 2 aromatic heterocycles. The molecule has 3 N–H and O–H groups in total. The minimum Gasteiger partial charge on any atom is -0.337 e. The molecule has 2 heterocycles. The zero-order valence-corrected chi connectivity index (χ0v) is 19.4. The van der Waals surface area contributed by atoms with Gasteiger partial charge < -0.3 is 10.3 Å². The molecule has 6 nitrogen and oxygen atoms in total. The van der Waals surface area contributed by atoms with Crippen molar-refractivity contribution in [1.82, 2.24) is 14.3 Å². The fourth-order valence-electron chi connectivity index (χ4n) is 3.19. The van der Waals surface area contributed by atoms with Crippen LogP contribution in [0, 0.1) is 6.92 Å². The Labute approximate surface area is 192 Å². The number of nitrogens with zero attached hydrogens (tertiary/aromatic N) is 2. The van der Waals surface area contributed by atoms with Crippen molar-refractivity contribution >= 4 is 57.3 Å². The quantitative estimate of drug-likeness (QED) is 0.535. The first-order chi connectivity index (χ1) is 13.3. The number of aromatic nitrogens is 2. The highest BCUT2D eigenvalue weighted by atomic mass is 35.5. The summed E-state index contributed by atoms with van der Waals surface area (Å²) in [6, 6.07) is 6.86. The van der Waals surface area contributed by atoms with Crippen molar-refractivity contribution in [2.45, 2.75) is 18.4 Å². The molecule has 0 radical (unpaired) electrons. The molecule has 1 aromatic carbocycles. The third kappa shape index (κ3) is 5.14. The van der Waals surface area contributed by atoms with E-state index < -0.39 is 10.0 Å². The van der Waals surface area contributed by atoms with E-state index in [0.29, 0.717) is 10.6 Å². The molecule has 0 aliphatic carbocycles. The molecule has 0 fully saturated rings. The first-order valence-corrected chi connectivity index (χ1v) is 10.4. The van der Waals surface area contributed by atoms with Crippen LogP contribution in [0.15, 0.2) is 53.5 Å². The zero-order valence-electron chi connectivity index (χ0n) is 16.2. The Kier molecular flexibility index (Phi) is 9.28. The minimum atomic E-state index is -3.65. The van der Waals surface area contributed by atoms with Crippen LogP contribution in [0.2, 0.25) is 5.02 Å². The van der Waals surface area contributed by atoms with Gasteiger partial charge in [-0.15, -0.1) is 24.8 Å². The summed E-state index contributed by atoms with van der Waals surface area (Å²) in [5.74, 6) is -0.353. The van der Waals surface area contributed by atoms with E-state index in [1.54, 1.807) is 18.3 Å². The number of allylic oxidation sites excluding steroid dienone is 1. The van der Waals surface area contributed by atoms with Gasteiger partial charge in [-0.3, -0.25) is 4.98 Å². The molecule has 0 unspecified atom stereocenters. The lowest BCUT2D eigenvalue weighted by Gasteiger charge is -2.08.